The van der Waals surface area contributed by atoms with E-state index in [-0.39, 0.29) is 5.17 Å². The molecule has 0 aromatic carbocycles. The van der Waals surface area contributed by atoms with E-state index in [4.69, 9.17) is 22.2 Å². The number of hydrogen-bond donors (Lipinski definition) is 1. The van der Waals surface area contributed by atoms with E-state index in [0.717, 1.165) is 5.69 Å². The molecule has 1 aromatic heterocycles. The van der Waals surface area contributed by atoms with Crippen molar-refractivity contribution in [3.63, 3.8) is 0 Å². The summed E-state index contributed by atoms with van der Waals surface area (Å²) in [7, 11) is 0. The van der Waals surface area contributed by atoms with Gasteiger partial charge in [0.25, 0.3) is 5.17 Å². The molecule has 72 valence electrons. The molecule has 1 rings (SSSR count). The van der Waals surface area contributed by atoms with Crippen LogP contribution in [0.5, 0.6) is 0 Å². The number of hydrogen-bond acceptors (Lipinski definition) is 4. The van der Waals surface area contributed by atoms with Gasteiger partial charge in [-0.3, -0.25) is 4.98 Å². The largest absolute Gasteiger partial charge is 0.470 e. The minimum atomic E-state index is 0.258. The Morgan fingerprint density at radius 2 is 2.57 bits per heavy atom. The summed E-state index contributed by atoms with van der Waals surface area (Å²) >= 11 is 4.88. The molecule has 0 aliphatic carbocycles. The summed E-state index contributed by atoms with van der Waals surface area (Å²) in [5.74, 6) is 0. The number of aromatic nitrogens is 1. The summed E-state index contributed by atoms with van der Waals surface area (Å²) in [4.78, 5) is 3.90. The highest BCUT2D eigenvalue weighted by Gasteiger charge is 1.97. The summed E-state index contributed by atoms with van der Waals surface area (Å²) < 4.78 is 5.06. The Hall–Kier alpha value is -1.67. The highest BCUT2D eigenvalue weighted by atomic mass is 32.1. The molecule has 0 aliphatic heterocycles. The van der Waals surface area contributed by atoms with Crippen molar-refractivity contribution in [2.75, 3.05) is 11.9 Å². The van der Waals surface area contributed by atoms with Crippen molar-refractivity contribution in [2.45, 2.75) is 6.42 Å². The molecule has 0 bridgehead atoms. The zero-order valence-corrected chi connectivity index (χ0v) is 8.25. The van der Waals surface area contributed by atoms with Gasteiger partial charge in [-0.15, -0.1) is 0 Å². The summed E-state index contributed by atoms with van der Waals surface area (Å²) in [5.41, 5.74) is 0.773. The van der Waals surface area contributed by atoms with E-state index in [1.165, 1.54) is 0 Å². The van der Waals surface area contributed by atoms with Crippen LogP contribution in [0.25, 0.3) is 0 Å². The van der Waals surface area contributed by atoms with Crippen LogP contribution in [0.1, 0.15) is 6.42 Å². The zero-order chi connectivity index (χ0) is 10.2. The van der Waals surface area contributed by atoms with Gasteiger partial charge in [0.1, 0.15) is 6.61 Å². The Morgan fingerprint density at radius 3 is 3.21 bits per heavy atom. The van der Waals surface area contributed by atoms with Crippen molar-refractivity contribution < 1.29 is 4.74 Å². The molecule has 0 radical (unpaired) electrons. The van der Waals surface area contributed by atoms with Gasteiger partial charge in [0.2, 0.25) is 0 Å². The van der Waals surface area contributed by atoms with E-state index < -0.39 is 0 Å². The van der Waals surface area contributed by atoms with E-state index in [9.17, 15) is 0 Å². The molecule has 1 aromatic rings. The highest BCUT2D eigenvalue weighted by Crippen LogP contribution is 2.03. The third-order valence-corrected chi connectivity index (χ3v) is 1.57. The second-order valence-corrected chi connectivity index (χ2v) is 2.78. The van der Waals surface area contributed by atoms with Crippen molar-refractivity contribution in [1.82, 2.24) is 4.98 Å². The number of nitriles is 1. The number of nitrogens with one attached hydrogen (secondary N) is 1. The summed E-state index contributed by atoms with van der Waals surface area (Å²) in [5, 5.41) is 11.4. The monoisotopic (exact) mass is 207 g/mol. The van der Waals surface area contributed by atoms with E-state index in [1.54, 1.807) is 18.5 Å². The quantitative estimate of drug-likeness (QED) is 0.604. The average Bonchev–Trinajstić information content (AvgIpc) is 2.20. The smallest absolute Gasteiger partial charge is 0.261 e. The predicted octanol–water partition coefficient (Wildman–Crippen LogP) is 1.71. The van der Waals surface area contributed by atoms with Gasteiger partial charge in [-0.1, -0.05) is 0 Å². The molecule has 0 fully saturated rings. The lowest BCUT2D eigenvalue weighted by Gasteiger charge is -2.07. The Balaban J connectivity index is 2.32. The molecule has 14 heavy (non-hydrogen) atoms. The minimum Gasteiger partial charge on any atom is -0.470 e. The summed E-state index contributed by atoms with van der Waals surface area (Å²) in [6.45, 7) is 0.308. The maximum atomic E-state index is 8.27. The van der Waals surface area contributed by atoms with Crippen molar-refractivity contribution in [2.24, 2.45) is 0 Å². The fourth-order valence-electron chi connectivity index (χ4n) is 0.780. The number of thiocarbonyl (C=S) groups is 1. The van der Waals surface area contributed by atoms with Crippen LogP contribution in [0, 0.1) is 11.3 Å². The average molecular weight is 207 g/mol. The first kappa shape index (κ1) is 10.4. The first-order valence-corrected chi connectivity index (χ1v) is 4.44. The van der Waals surface area contributed by atoms with Crippen LogP contribution in [0.4, 0.5) is 5.69 Å². The summed E-state index contributed by atoms with van der Waals surface area (Å²) in [6, 6.07) is 5.58. The normalized spacial score (nSPS) is 8.79. The van der Waals surface area contributed by atoms with Gasteiger partial charge < -0.3 is 10.1 Å². The highest BCUT2D eigenvalue weighted by molar-refractivity contribution is 7.80. The van der Waals surface area contributed by atoms with Crippen LogP contribution in [0.15, 0.2) is 24.5 Å². The van der Waals surface area contributed by atoms with E-state index in [2.05, 4.69) is 10.3 Å². The number of ether oxygens (including phenoxy) is 1. The summed E-state index contributed by atoms with van der Waals surface area (Å²) in [6.07, 6.45) is 3.64. The van der Waals surface area contributed by atoms with E-state index in [0.29, 0.717) is 13.0 Å². The SMILES string of the molecule is N#CCCOC(=S)Nc1cccnc1. The first-order chi connectivity index (χ1) is 6.83. The van der Waals surface area contributed by atoms with Crippen molar-refractivity contribution in [3.05, 3.63) is 24.5 Å². The molecular weight excluding hydrogens is 198 g/mol. The number of pyridine rings is 1. The van der Waals surface area contributed by atoms with Crippen LogP contribution in [0.2, 0.25) is 0 Å². The molecule has 0 aliphatic rings. The van der Waals surface area contributed by atoms with Gasteiger partial charge in [0.05, 0.1) is 24.4 Å². The molecule has 0 saturated carbocycles. The fraction of sp³-hybridized carbons (Fsp3) is 0.222. The number of nitrogens with zero attached hydrogens (tertiary/aromatic N) is 2. The number of rotatable bonds is 3. The molecule has 0 amide bonds. The fourth-order valence-corrected chi connectivity index (χ4v) is 0.981. The second-order valence-electron chi connectivity index (χ2n) is 2.41. The van der Waals surface area contributed by atoms with Gasteiger partial charge in [0.15, 0.2) is 0 Å². The molecule has 1 N–H and O–H groups in total. The minimum absolute atomic E-state index is 0.258. The number of anilines is 1. The standard InChI is InChI=1S/C9H9N3OS/c10-4-2-6-13-9(14)12-8-3-1-5-11-7-8/h1,3,5,7H,2,6H2,(H,12,14). The maximum absolute atomic E-state index is 8.27. The van der Waals surface area contributed by atoms with Gasteiger partial charge in [-0.25, -0.2) is 0 Å². The van der Waals surface area contributed by atoms with Gasteiger partial charge in [-0.2, -0.15) is 5.26 Å². The van der Waals surface area contributed by atoms with Crippen molar-refractivity contribution in [1.29, 1.82) is 5.26 Å². The lowest BCUT2D eigenvalue weighted by atomic mass is 10.4. The van der Waals surface area contributed by atoms with Gasteiger partial charge in [-0.05, 0) is 24.4 Å². The Labute approximate surface area is 87.5 Å². The van der Waals surface area contributed by atoms with Crippen LogP contribution in [-0.2, 0) is 4.74 Å². The lowest BCUT2D eigenvalue weighted by molar-refractivity contribution is 0.321. The van der Waals surface area contributed by atoms with E-state index in [1.807, 2.05) is 12.1 Å². The molecular formula is C9H9N3OS. The van der Waals surface area contributed by atoms with Crippen LogP contribution in [-0.4, -0.2) is 16.8 Å². The molecule has 0 saturated heterocycles. The van der Waals surface area contributed by atoms with Crippen molar-refractivity contribution in [3.8, 4) is 6.07 Å². The second kappa shape index (κ2) is 5.89. The molecule has 4 nitrogen and oxygen atoms in total. The first-order valence-electron chi connectivity index (χ1n) is 4.03. The third-order valence-electron chi connectivity index (χ3n) is 1.35. The van der Waals surface area contributed by atoms with Crippen molar-refractivity contribution >= 4 is 23.1 Å². The van der Waals surface area contributed by atoms with Gasteiger partial charge in [0, 0.05) is 6.20 Å². The van der Waals surface area contributed by atoms with Crippen LogP contribution >= 0.6 is 12.2 Å². The third kappa shape index (κ3) is 3.83. The van der Waals surface area contributed by atoms with Crippen LogP contribution < -0.4 is 5.32 Å². The molecule has 0 spiro atoms. The van der Waals surface area contributed by atoms with Crippen LogP contribution in [0.3, 0.4) is 0 Å². The molecule has 0 unspecified atom stereocenters. The Morgan fingerprint density at radius 1 is 1.71 bits per heavy atom. The lowest BCUT2D eigenvalue weighted by Crippen LogP contribution is -2.13. The predicted molar refractivity (Wildman–Crippen MR) is 56.6 cm³/mol. The van der Waals surface area contributed by atoms with E-state index >= 15 is 0 Å². The molecule has 0 atom stereocenters. The molecule has 1 heterocycles. The Bertz CT molecular complexity index is 334. The maximum Gasteiger partial charge on any atom is 0.261 e. The Kier molecular flexibility index (Phi) is 4.38. The topological polar surface area (TPSA) is 57.9 Å². The van der Waals surface area contributed by atoms with Gasteiger partial charge >= 0.3 is 0 Å². The zero-order valence-electron chi connectivity index (χ0n) is 7.43. The molecule has 5 heteroatoms.